The fourth-order valence-corrected chi connectivity index (χ4v) is 2.30. The molecule has 4 rings (SSSR count). The van der Waals surface area contributed by atoms with Gasteiger partial charge in [-0.3, -0.25) is 0 Å². The molecule has 0 fully saturated rings. The molecule has 0 amide bonds. The summed E-state index contributed by atoms with van der Waals surface area (Å²) >= 11 is 0. The normalized spacial score (nSPS) is 13.1. The summed E-state index contributed by atoms with van der Waals surface area (Å²) in [6.07, 6.45) is 0. The lowest BCUT2D eigenvalue weighted by Gasteiger charge is -1.99. The number of nitrogens with one attached hydrogen (secondary N) is 1. The number of fused-ring (bicyclic) bond motifs is 2. The zero-order valence-electron chi connectivity index (χ0n) is 10.4. The fraction of sp³-hybridized carbons (Fsp3) is 0.133. The summed E-state index contributed by atoms with van der Waals surface area (Å²) in [6.45, 7) is 2.36. The molecule has 1 aliphatic rings. The first-order valence-electron chi connectivity index (χ1n) is 6.16. The van der Waals surface area contributed by atoms with Gasteiger partial charge in [-0.05, 0) is 42.8 Å². The van der Waals surface area contributed by atoms with Crippen LogP contribution < -0.4 is 9.47 Å². The van der Waals surface area contributed by atoms with Crippen LogP contribution in [0.4, 0.5) is 0 Å². The van der Waals surface area contributed by atoms with E-state index in [0.717, 1.165) is 33.9 Å². The first kappa shape index (κ1) is 10.4. The maximum absolute atomic E-state index is 5.39. The molecule has 1 aliphatic heterocycles. The Morgan fingerprint density at radius 3 is 2.89 bits per heavy atom. The molecule has 0 radical (unpaired) electrons. The van der Waals surface area contributed by atoms with E-state index in [-0.39, 0.29) is 6.79 Å². The Balaban J connectivity index is 1.85. The average molecular weight is 252 g/mol. The zero-order chi connectivity index (χ0) is 12.8. The van der Waals surface area contributed by atoms with Gasteiger partial charge in [0.2, 0.25) is 6.79 Å². The average Bonchev–Trinajstić information content (AvgIpc) is 3.02. The number of benzene rings is 2. The Bertz CT molecular complexity index is 777. The molecule has 1 aromatic heterocycles. The Kier molecular flexibility index (Phi) is 2.06. The van der Waals surface area contributed by atoms with E-state index in [1.807, 2.05) is 24.3 Å². The summed E-state index contributed by atoms with van der Waals surface area (Å²) < 4.78 is 10.7. The number of ether oxygens (including phenoxy) is 2. The van der Waals surface area contributed by atoms with Crippen LogP contribution in [0.2, 0.25) is 0 Å². The van der Waals surface area contributed by atoms with E-state index in [1.54, 1.807) is 0 Å². The van der Waals surface area contributed by atoms with Gasteiger partial charge >= 0.3 is 0 Å². The van der Waals surface area contributed by atoms with Crippen LogP contribution in [0.5, 0.6) is 11.5 Å². The molecular formula is C15H12N2O2. The number of aryl methyl sites for hydroxylation is 1. The summed E-state index contributed by atoms with van der Waals surface area (Å²) in [4.78, 5) is 7.93. The van der Waals surface area contributed by atoms with Gasteiger partial charge in [0.25, 0.3) is 0 Å². The van der Waals surface area contributed by atoms with Gasteiger partial charge in [0.1, 0.15) is 5.82 Å². The van der Waals surface area contributed by atoms with E-state index in [2.05, 4.69) is 29.0 Å². The highest BCUT2D eigenvalue weighted by Crippen LogP contribution is 2.35. The monoisotopic (exact) mass is 252 g/mol. The molecule has 1 N–H and O–H groups in total. The number of H-pyrrole nitrogens is 1. The molecule has 4 heteroatoms. The highest BCUT2D eigenvalue weighted by atomic mass is 16.7. The van der Waals surface area contributed by atoms with Crippen molar-refractivity contribution in [1.82, 2.24) is 9.97 Å². The quantitative estimate of drug-likeness (QED) is 0.723. The van der Waals surface area contributed by atoms with Gasteiger partial charge in [-0.1, -0.05) is 6.07 Å². The van der Waals surface area contributed by atoms with Crippen molar-refractivity contribution < 1.29 is 9.47 Å². The number of nitrogens with zero attached hydrogens (tertiary/aromatic N) is 1. The van der Waals surface area contributed by atoms with Crippen molar-refractivity contribution in [3.05, 3.63) is 42.0 Å². The lowest BCUT2D eigenvalue weighted by atomic mass is 10.2. The van der Waals surface area contributed by atoms with Gasteiger partial charge < -0.3 is 14.5 Å². The van der Waals surface area contributed by atoms with Crippen LogP contribution in [0, 0.1) is 6.92 Å². The summed E-state index contributed by atoms with van der Waals surface area (Å²) in [5.41, 5.74) is 4.23. The van der Waals surface area contributed by atoms with E-state index in [4.69, 9.17) is 9.47 Å². The molecule has 0 aliphatic carbocycles. The second-order valence-electron chi connectivity index (χ2n) is 4.67. The first-order chi connectivity index (χ1) is 9.29. The molecule has 4 nitrogen and oxygen atoms in total. The second kappa shape index (κ2) is 3.75. The topological polar surface area (TPSA) is 47.1 Å². The van der Waals surface area contributed by atoms with E-state index < -0.39 is 0 Å². The lowest BCUT2D eigenvalue weighted by molar-refractivity contribution is 0.174. The summed E-state index contributed by atoms with van der Waals surface area (Å²) in [7, 11) is 0. The highest BCUT2D eigenvalue weighted by molar-refractivity contribution is 5.80. The van der Waals surface area contributed by atoms with Crippen molar-refractivity contribution >= 4 is 11.0 Å². The molecule has 0 saturated carbocycles. The van der Waals surface area contributed by atoms with E-state index >= 15 is 0 Å². The summed E-state index contributed by atoms with van der Waals surface area (Å²) in [5, 5.41) is 0. The third kappa shape index (κ3) is 1.64. The first-order valence-corrected chi connectivity index (χ1v) is 6.16. The standard InChI is InChI=1S/C15H12N2O2/c1-9-2-4-11-12(6-9)17-15(16-11)10-3-5-13-14(7-10)19-8-18-13/h2-7H,8H2,1H3,(H,16,17). The summed E-state index contributed by atoms with van der Waals surface area (Å²) in [6, 6.07) is 12.0. The van der Waals surface area contributed by atoms with E-state index in [0.29, 0.717) is 0 Å². The van der Waals surface area contributed by atoms with Gasteiger partial charge in [-0.15, -0.1) is 0 Å². The van der Waals surface area contributed by atoms with Gasteiger partial charge in [0.15, 0.2) is 11.5 Å². The minimum atomic E-state index is 0.290. The molecule has 0 bridgehead atoms. The van der Waals surface area contributed by atoms with Crippen molar-refractivity contribution in [3.8, 4) is 22.9 Å². The third-order valence-corrected chi connectivity index (χ3v) is 3.28. The van der Waals surface area contributed by atoms with Gasteiger partial charge in [0, 0.05) is 5.56 Å². The molecule has 2 heterocycles. The van der Waals surface area contributed by atoms with Gasteiger partial charge in [-0.25, -0.2) is 4.98 Å². The second-order valence-corrected chi connectivity index (χ2v) is 4.67. The molecule has 94 valence electrons. The Morgan fingerprint density at radius 1 is 1.05 bits per heavy atom. The van der Waals surface area contributed by atoms with Gasteiger partial charge in [-0.2, -0.15) is 0 Å². The van der Waals surface area contributed by atoms with E-state index in [9.17, 15) is 0 Å². The van der Waals surface area contributed by atoms with Crippen LogP contribution >= 0.6 is 0 Å². The minimum absolute atomic E-state index is 0.290. The Hall–Kier alpha value is -2.49. The SMILES string of the molecule is Cc1ccc2nc(-c3ccc4c(c3)OCO4)[nH]c2c1. The summed E-state index contributed by atoms with van der Waals surface area (Å²) in [5.74, 6) is 2.41. The smallest absolute Gasteiger partial charge is 0.231 e. The predicted molar refractivity (Wildman–Crippen MR) is 72.4 cm³/mol. The predicted octanol–water partition coefficient (Wildman–Crippen LogP) is 3.27. The number of aromatic nitrogens is 2. The zero-order valence-corrected chi connectivity index (χ0v) is 10.4. The number of hydrogen-bond acceptors (Lipinski definition) is 3. The van der Waals surface area contributed by atoms with Crippen molar-refractivity contribution in [3.63, 3.8) is 0 Å². The Labute approximate surface area is 110 Å². The number of aromatic amines is 1. The van der Waals surface area contributed by atoms with Crippen molar-refractivity contribution in [2.45, 2.75) is 6.92 Å². The van der Waals surface area contributed by atoms with Crippen LogP contribution in [-0.4, -0.2) is 16.8 Å². The minimum Gasteiger partial charge on any atom is -0.454 e. The maximum atomic E-state index is 5.39. The largest absolute Gasteiger partial charge is 0.454 e. The molecule has 2 aromatic carbocycles. The molecule has 0 spiro atoms. The van der Waals surface area contributed by atoms with Crippen molar-refractivity contribution in [2.75, 3.05) is 6.79 Å². The number of hydrogen-bond donors (Lipinski definition) is 1. The molecule has 19 heavy (non-hydrogen) atoms. The van der Waals surface area contributed by atoms with E-state index in [1.165, 1.54) is 5.56 Å². The van der Waals surface area contributed by atoms with Crippen LogP contribution in [-0.2, 0) is 0 Å². The molecule has 0 unspecified atom stereocenters. The molecule has 0 saturated heterocycles. The van der Waals surface area contributed by atoms with Crippen molar-refractivity contribution in [2.24, 2.45) is 0 Å². The van der Waals surface area contributed by atoms with Crippen molar-refractivity contribution in [1.29, 1.82) is 0 Å². The fourth-order valence-electron chi connectivity index (χ4n) is 2.30. The maximum Gasteiger partial charge on any atom is 0.231 e. The molecular weight excluding hydrogens is 240 g/mol. The van der Waals surface area contributed by atoms with Gasteiger partial charge in [0.05, 0.1) is 11.0 Å². The molecule has 0 atom stereocenters. The highest BCUT2D eigenvalue weighted by Gasteiger charge is 2.15. The third-order valence-electron chi connectivity index (χ3n) is 3.28. The number of rotatable bonds is 1. The van der Waals surface area contributed by atoms with Crippen LogP contribution in [0.25, 0.3) is 22.4 Å². The Morgan fingerprint density at radius 2 is 1.95 bits per heavy atom. The van der Waals surface area contributed by atoms with Crippen LogP contribution in [0.15, 0.2) is 36.4 Å². The van der Waals surface area contributed by atoms with Crippen LogP contribution in [0.3, 0.4) is 0 Å². The molecule has 3 aromatic rings. The number of imidazole rings is 1. The lowest BCUT2D eigenvalue weighted by Crippen LogP contribution is -1.92. The van der Waals surface area contributed by atoms with Crippen LogP contribution in [0.1, 0.15) is 5.56 Å².